The number of urea groups is 1. The summed E-state index contributed by atoms with van der Waals surface area (Å²) in [7, 11) is 1.55. The third-order valence-corrected chi connectivity index (χ3v) is 2.78. The Balaban J connectivity index is 1.84. The van der Waals surface area contributed by atoms with Gasteiger partial charge in [-0.05, 0) is 18.6 Å². The minimum absolute atomic E-state index is 0.266. The molecule has 5 heteroatoms. The normalized spacial score (nSPS) is 9.90. The Kier molecular flexibility index (Phi) is 4.55. The van der Waals surface area contributed by atoms with Gasteiger partial charge in [0.1, 0.15) is 0 Å². The summed E-state index contributed by atoms with van der Waals surface area (Å²) in [6.07, 6.45) is 1.55. The van der Waals surface area contributed by atoms with Crippen molar-refractivity contribution in [3.05, 3.63) is 53.7 Å². The second-order valence-electron chi connectivity index (χ2n) is 4.38. The lowest BCUT2D eigenvalue weighted by Gasteiger charge is -2.08. The van der Waals surface area contributed by atoms with Crippen molar-refractivity contribution in [1.82, 2.24) is 10.3 Å². The molecule has 2 amide bonds. The maximum Gasteiger partial charge on any atom is 0.319 e. The van der Waals surface area contributed by atoms with Crippen LogP contribution in [0.25, 0.3) is 0 Å². The van der Waals surface area contributed by atoms with Crippen LogP contribution in [0.15, 0.2) is 42.6 Å². The monoisotopic (exact) mass is 271 g/mol. The predicted molar refractivity (Wildman–Crippen MR) is 77.8 cm³/mol. The van der Waals surface area contributed by atoms with Crippen LogP contribution in [-0.2, 0) is 6.54 Å². The first-order chi connectivity index (χ1) is 9.67. The molecule has 0 saturated heterocycles. The van der Waals surface area contributed by atoms with Gasteiger partial charge >= 0.3 is 6.03 Å². The van der Waals surface area contributed by atoms with E-state index in [0.717, 1.165) is 5.56 Å². The first-order valence-electron chi connectivity index (χ1n) is 6.28. The third-order valence-electron chi connectivity index (χ3n) is 2.78. The van der Waals surface area contributed by atoms with Gasteiger partial charge in [0, 0.05) is 12.6 Å². The van der Waals surface area contributed by atoms with Crippen molar-refractivity contribution >= 4 is 11.7 Å². The number of rotatable bonds is 4. The minimum atomic E-state index is -0.266. The fourth-order valence-corrected chi connectivity index (χ4v) is 1.64. The van der Waals surface area contributed by atoms with E-state index >= 15 is 0 Å². The molecular weight excluding hydrogens is 254 g/mol. The first-order valence-corrected chi connectivity index (χ1v) is 6.28. The lowest BCUT2D eigenvalue weighted by molar-refractivity contribution is 0.251. The van der Waals surface area contributed by atoms with Gasteiger partial charge in [-0.2, -0.15) is 0 Å². The number of methoxy groups -OCH3 is 1. The topological polar surface area (TPSA) is 63.2 Å². The number of pyridine rings is 1. The molecule has 0 saturated carbocycles. The average Bonchev–Trinajstić information content (AvgIpc) is 2.47. The van der Waals surface area contributed by atoms with Gasteiger partial charge in [0.05, 0.1) is 19.0 Å². The lowest BCUT2D eigenvalue weighted by atomic mass is 10.1. The smallest absolute Gasteiger partial charge is 0.319 e. The highest BCUT2D eigenvalue weighted by atomic mass is 16.5. The first kappa shape index (κ1) is 13.9. The summed E-state index contributed by atoms with van der Waals surface area (Å²) in [5.74, 6) is 0.510. The maximum atomic E-state index is 11.7. The number of carbonyl (C=O) groups excluding carboxylic acids is 1. The molecule has 104 valence electrons. The van der Waals surface area contributed by atoms with Gasteiger partial charge in [-0.1, -0.05) is 29.8 Å². The molecule has 0 aliphatic heterocycles. The number of hydrogen-bond donors (Lipinski definition) is 2. The Labute approximate surface area is 118 Å². The highest BCUT2D eigenvalue weighted by Crippen LogP contribution is 2.10. The van der Waals surface area contributed by atoms with Crippen molar-refractivity contribution in [3.8, 4) is 5.88 Å². The molecule has 0 radical (unpaired) electrons. The van der Waals surface area contributed by atoms with E-state index in [0.29, 0.717) is 18.1 Å². The molecule has 1 aromatic carbocycles. The van der Waals surface area contributed by atoms with Crippen LogP contribution in [0.4, 0.5) is 10.5 Å². The van der Waals surface area contributed by atoms with Gasteiger partial charge in [-0.15, -0.1) is 0 Å². The maximum absolute atomic E-state index is 11.7. The van der Waals surface area contributed by atoms with Crippen molar-refractivity contribution in [2.45, 2.75) is 13.5 Å². The molecule has 0 fully saturated rings. The molecule has 0 atom stereocenters. The third kappa shape index (κ3) is 3.98. The van der Waals surface area contributed by atoms with Crippen LogP contribution in [0.3, 0.4) is 0 Å². The molecule has 0 aliphatic carbocycles. The van der Waals surface area contributed by atoms with Gasteiger partial charge in [0.15, 0.2) is 0 Å². The molecule has 5 nitrogen and oxygen atoms in total. The molecule has 0 aliphatic rings. The van der Waals surface area contributed by atoms with Crippen LogP contribution in [0.5, 0.6) is 5.88 Å². The second kappa shape index (κ2) is 6.56. The number of nitrogens with one attached hydrogen (secondary N) is 2. The SMILES string of the molecule is COc1ccc(NC(=O)NCc2ccc(C)cc2)cn1. The van der Waals surface area contributed by atoms with E-state index in [1.165, 1.54) is 5.56 Å². The summed E-state index contributed by atoms with van der Waals surface area (Å²) in [4.78, 5) is 15.7. The van der Waals surface area contributed by atoms with Crippen LogP contribution in [0, 0.1) is 6.92 Å². The average molecular weight is 271 g/mol. The van der Waals surface area contributed by atoms with Gasteiger partial charge in [0.25, 0.3) is 0 Å². The quantitative estimate of drug-likeness (QED) is 0.898. The molecule has 0 spiro atoms. The van der Waals surface area contributed by atoms with Crippen molar-refractivity contribution in [2.24, 2.45) is 0 Å². The highest BCUT2D eigenvalue weighted by Gasteiger charge is 2.02. The fourth-order valence-electron chi connectivity index (χ4n) is 1.64. The van der Waals surface area contributed by atoms with Crippen LogP contribution in [0.2, 0.25) is 0 Å². The van der Waals surface area contributed by atoms with Gasteiger partial charge in [-0.25, -0.2) is 9.78 Å². The van der Waals surface area contributed by atoms with E-state index in [2.05, 4.69) is 15.6 Å². The van der Waals surface area contributed by atoms with Gasteiger partial charge < -0.3 is 15.4 Å². The predicted octanol–water partition coefficient (Wildman–Crippen LogP) is 2.72. The molecule has 1 aromatic heterocycles. The van der Waals surface area contributed by atoms with Crippen LogP contribution >= 0.6 is 0 Å². The molecule has 0 unspecified atom stereocenters. The highest BCUT2D eigenvalue weighted by molar-refractivity contribution is 5.88. The summed E-state index contributed by atoms with van der Waals surface area (Å²) < 4.78 is 4.95. The Morgan fingerprint density at radius 3 is 2.55 bits per heavy atom. The number of carbonyl (C=O) groups is 1. The Bertz CT molecular complexity index is 565. The summed E-state index contributed by atoms with van der Waals surface area (Å²) in [5.41, 5.74) is 2.87. The van der Waals surface area contributed by atoms with E-state index < -0.39 is 0 Å². The van der Waals surface area contributed by atoms with Crippen LogP contribution in [-0.4, -0.2) is 18.1 Å². The lowest BCUT2D eigenvalue weighted by Crippen LogP contribution is -2.28. The van der Waals surface area contributed by atoms with Crippen molar-refractivity contribution in [3.63, 3.8) is 0 Å². The van der Waals surface area contributed by atoms with E-state index in [1.807, 2.05) is 31.2 Å². The Hall–Kier alpha value is -2.56. The zero-order valence-electron chi connectivity index (χ0n) is 11.5. The van der Waals surface area contributed by atoms with Crippen LogP contribution in [0.1, 0.15) is 11.1 Å². The number of anilines is 1. The van der Waals surface area contributed by atoms with E-state index in [1.54, 1.807) is 25.4 Å². The minimum Gasteiger partial charge on any atom is -0.481 e. The molecule has 2 N–H and O–H groups in total. The van der Waals surface area contributed by atoms with Crippen molar-refractivity contribution in [2.75, 3.05) is 12.4 Å². The molecule has 20 heavy (non-hydrogen) atoms. The number of hydrogen-bond acceptors (Lipinski definition) is 3. The molecule has 0 bridgehead atoms. The Morgan fingerprint density at radius 1 is 1.20 bits per heavy atom. The Morgan fingerprint density at radius 2 is 1.95 bits per heavy atom. The second-order valence-corrected chi connectivity index (χ2v) is 4.38. The van der Waals surface area contributed by atoms with Gasteiger partial charge in [-0.3, -0.25) is 0 Å². The number of nitrogens with zero attached hydrogens (tertiary/aromatic N) is 1. The van der Waals surface area contributed by atoms with E-state index in [-0.39, 0.29) is 6.03 Å². The largest absolute Gasteiger partial charge is 0.481 e. The summed E-state index contributed by atoms with van der Waals surface area (Å²) >= 11 is 0. The molecular formula is C15H17N3O2. The molecule has 2 aromatic rings. The fraction of sp³-hybridized carbons (Fsp3) is 0.200. The number of aryl methyl sites for hydroxylation is 1. The van der Waals surface area contributed by atoms with E-state index in [4.69, 9.17) is 4.74 Å². The number of benzene rings is 1. The summed E-state index contributed by atoms with van der Waals surface area (Å²) in [6.45, 7) is 2.51. The molecule has 2 rings (SSSR count). The van der Waals surface area contributed by atoms with Crippen molar-refractivity contribution < 1.29 is 9.53 Å². The number of ether oxygens (including phenoxy) is 1. The van der Waals surface area contributed by atoms with Crippen molar-refractivity contribution in [1.29, 1.82) is 0 Å². The zero-order valence-corrected chi connectivity index (χ0v) is 11.5. The summed E-state index contributed by atoms with van der Waals surface area (Å²) in [5, 5.41) is 5.49. The summed E-state index contributed by atoms with van der Waals surface area (Å²) in [6, 6.07) is 11.2. The van der Waals surface area contributed by atoms with Gasteiger partial charge in [0.2, 0.25) is 5.88 Å². The standard InChI is InChI=1S/C15H17N3O2/c1-11-3-5-12(6-4-11)9-17-15(19)18-13-7-8-14(20-2)16-10-13/h3-8,10H,9H2,1-2H3,(H2,17,18,19). The zero-order chi connectivity index (χ0) is 14.4. The van der Waals surface area contributed by atoms with Crippen LogP contribution < -0.4 is 15.4 Å². The number of aromatic nitrogens is 1. The van der Waals surface area contributed by atoms with E-state index in [9.17, 15) is 4.79 Å². The molecule has 1 heterocycles. The number of amides is 2.